The standard InChI is InChI=1S/C13H18FNO4S/c1-3-4-5-11(13(16)17)15-20(18,19)12-7-6-10(14)8-9(12)2/h6-8,11,15H,3-5H2,1-2H3,(H,16,17). The SMILES string of the molecule is CCCCC(NS(=O)(=O)c1ccc(F)cc1C)C(=O)O. The lowest BCUT2D eigenvalue weighted by Crippen LogP contribution is -2.40. The maximum absolute atomic E-state index is 13.0. The normalized spacial score (nSPS) is 13.2. The van der Waals surface area contributed by atoms with Crippen LogP contribution in [0.1, 0.15) is 31.7 Å². The van der Waals surface area contributed by atoms with Crippen LogP contribution in [0, 0.1) is 12.7 Å². The van der Waals surface area contributed by atoms with Crippen LogP contribution >= 0.6 is 0 Å². The molecule has 7 heteroatoms. The minimum absolute atomic E-state index is 0.110. The summed E-state index contributed by atoms with van der Waals surface area (Å²) in [7, 11) is -3.98. The summed E-state index contributed by atoms with van der Waals surface area (Å²) in [5.74, 6) is -1.76. The monoisotopic (exact) mass is 303 g/mol. The zero-order chi connectivity index (χ0) is 15.3. The molecule has 1 unspecified atom stereocenters. The molecule has 0 saturated heterocycles. The van der Waals surface area contributed by atoms with Gasteiger partial charge in [-0.3, -0.25) is 4.79 Å². The number of carboxylic acids is 1. The van der Waals surface area contributed by atoms with Gasteiger partial charge in [0.2, 0.25) is 10.0 Å². The number of benzene rings is 1. The lowest BCUT2D eigenvalue weighted by Gasteiger charge is -2.15. The van der Waals surface area contributed by atoms with Crippen LogP contribution in [0.2, 0.25) is 0 Å². The molecule has 0 aromatic heterocycles. The van der Waals surface area contributed by atoms with Crippen molar-refractivity contribution in [3.05, 3.63) is 29.6 Å². The highest BCUT2D eigenvalue weighted by Crippen LogP contribution is 2.17. The number of carboxylic acid groups (broad SMARTS) is 1. The average molecular weight is 303 g/mol. The molecule has 1 aromatic rings. The molecule has 0 heterocycles. The lowest BCUT2D eigenvalue weighted by molar-refractivity contribution is -0.139. The summed E-state index contributed by atoms with van der Waals surface area (Å²) in [6.45, 7) is 3.34. The van der Waals surface area contributed by atoms with E-state index in [1.54, 1.807) is 0 Å². The van der Waals surface area contributed by atoms with Gasteiger partial charge >= 0.3 is 5.97 Å². The molecule has 1 rings (SSSR count). The van der Waals surface area contributed by atoms with Gasteiger partial charge in [0.15, 0.2) is 0 Å². The van der Waals surface area contributed by atoms with Crippen LogP contribution in [0.5, 0.6) is 0 Å². The molecule has 0 amide bonds. The molecule has 2 N–H and O–H groups in total. The Labute approximate surface area is 117 Å². The van der Waals surface area contributed by atoms with Gasteiger partial charge in [-0.2, -0.15) is 4.72 Å². The first-order valence-corrected chi connectivity index (χ1v) is 7.77. The van der Waals surface area contributed by atoms with E-state index in [1.807, 2.05) is 6.92 Å². The highest BCUT2D eigenvalue weighted by atomic mass is 32.2. The fourth-order valence-electron chi connectivity index (χ4n) is 1.81. The van der Waals surface area contributed by atoms with Crippen LogP contribution in [-0.2, 0) is 14.8 Å². The third kappa shape index (κ3) is 4.28. The quantitative estimate of drug-likeness (QED) is 0.807. The van der Waals surface area contributed by atoms with Gasteiger partial charge in [0.1, 0.15) is 11.9 Å². The molecule has 0 spiro atoms. The topological polar surface area (TPSA) is 83.5 Å². The van der Waals surface area contributed by atoms with Crippen molar-refractivity contribution in [2.45, 2.75) is 44.0 Å². The van der Waals surface area contributed by atoms with Crippen molar-refractivity contribution < 1.29 is 22.7 Å². The third-order valence-electron chi connectivity index (χ3n) is 2.87. The number of hydrogen-bond acceptors (Lipinski definition) is 3. The number of unbranched alkanes of at least 4 members (excludes halogenated alkanes) is 1. The zero-order valence-corrected chi connectivity index (χ0v) is 12.2. The second-order valence-electron chi connectivity index (χ2n) is 4.56. The number of carbonyl (C=O) groups is 1. The van der Waals surface area contributed by atoms with E-state index in [1.165, 1.54) is 6.92 Å². The van der Waals surface area contributed by atoms with E-state index < -0.39 is 27.9 Å². The molecule has 1 atom stereocenters. The van der Waals surface area contributed by atoms with E-state index in [0.717, 1.165) is 24.6 Å². The van der Waals surface area contributed by atoms with Crippen molar-refractivity contribution in [3.8, 4) is 0 Å². The molecule has 0 aliphatic rings. The molecule has 5 nitrogen and oxygen atoms in total. The molecule has 20 heavy (non-hydrogen) atoms. The van der Waals surface area contributed by atoms with Crippen LogP contribution in [-0.4, -0.2) is 25.5 Å². The van der Waals surface area contributed by atoms with Crippen LogP contribution in [0.4, 0.5) is 4.39 Å². The molecule has 0 fully saturated rings. The second-order valence-corrected chi connectivity index (χ2v) is 6.25. The number of aryl methyl sites for hydroxylation is 1. The minimum Gasteiger partial charge on any atom is -0.480 e. The average Bonchev–Trinajstić information content (AvgIpc) is 2.33. The fourth-order valence-corrected chi connectivity index (χ4v) is 3.26. The van der Waals surface area contributed by atoms with Crippen molar-refractivity contribution in [3.63, 3.8) is 0 Å². The predicted octanol–water partition coefficient (Wildman–Crippen LogP) is 2.06. The summed E-state index contributed by atoms with van der Waals surface area (Å²) >= 11 is 0. The van der Waals surface area contributed by atoms with E-state index >= 15 is 0 Å². The third-order valence-corrected chi connectivity index (χ3v) is 4.50. The van der Waals surface area contributed by atoms with Gasteiger partial charge in [0.25, 0.3) is 0 Å². The first-order valence-electron chi connectivity index (χ1n) is 6.29. The van der Waals surface area contributed by atoms with Gasteiger partial charge in [-0.1, -0.05) is 19.8 Å². The Morgan fingerprint density at radius 2 is 2.10 bits per heavy atom. The van der Waals surface area contributed by atoms with E-state index in [0.29, 0.717) is 6.42 Å². The van der Waals surface area contributed by atoms with Gasteiger partial charge in [-0.25, -0.2) is 12.8 Å². The van der Waals surface area contributed by atoms with Crippen molar-refractivity contribution in [1.29, 1.82) is 0 Å². The van der Waals surface area contributed by atoms with Gasteiger partial charge in [-0.05, 0) is 37.1 Å². The predicted molar refractivity (Wildman–Crippen MR) is 72.4 cm³/mol. The number of rotatable bonds is 7. The number of halogens is 1. The molecule has 0 aliphatic carbocycles. The Kier molecular flexibility index (Phi) is 5.64. The molecular formula is C13H18FNO4S. The van der Waals surface area contributed by atoms with Crippen LogP contribution in [0.15, 0.2) is 23.1 Å². The summed E-state index contributed by atoms with van der Waals surface area (Å²) in [5.41, 5.74) is 0.233. The van der Waals surface area contributed by atoms with Crippen LogP contribution < -0.4 is 4.72 Å². The van der Waals surface area contributed by atoms with Gasteiger partial charge in [-0.15, -0.1) is 0 Å². The lowest BCUT2D eigenvalue weighted by atomic mass is 10.1. The van der Waals surface area contributed by atoms with Gasteiger partial charge in [0, 0.05) is 0 Å². The molecule has 0 bridgehead atoms. The zero-order valence-electron chi connectivity index (χ0n) is 11.4. The molecule has 112 valence electrons. The number of nitrogens with one attached hydrogen (secondary N) is 1. The maximum Gasteiger partial charge on any atom is 0.321 e. The van der Waals surface area contributed by atoms with Crippen molar-refractivity contribution in [2.75, 3.05) is 0 Å². The first-order chi connectivity index (χ1) is 9.27. The van der Waals surface area contributed by atoms with Crippen LogP contribution in [0.25, 0.3) is 0 Å². The summed E-state index contributed by atoms with van der Waals surface area (Å²) in [6.07, 6.45) is 1.58. The largest absolute Gasteiger partial charge is 0.480 e. The summed E-state index contributed by atoms with van der Waals surface area (Å²) in [5, 5.41) is 9.04. The number of aliphatic carboxylic acids is 1. The molecule has 0 radical (unpaired) electrons. The van der Waals surface area contributed by atoms with Gasteiger partial charge < -0.3 is 5.11 Å². The Bertz CT molecular complexity index is 586. The second kappa shape index (κ2) is 6.81. The van der Waals surface area contributed by atoms with Crippen molar-refractivity contribution >= 4 is 16.0 Å². The first kappa shape index (κ1) is 16.6. The molecule has 0 saturated carbocycles. The van der Waals surface area contributed by atoms with Crippen molar-refractivity contribution in [2.24, 2.45) is 0 Å². The van der Waals surface area contributed by atoms with E-state index in [-0.39, 0.29) is 16.9 Å². The number of sulfonamides is 1. The van der Waals surface area contributed by atoms with E-state index in [2.05, 4.69) is 4.72 Å². The maximum atomic E-state index is 13.0. The Morgan fingerprint density at radius 3 is 2.60 bits per heavy atom. The molecular weight excluding hydrogens is 285 g/mol. The van der Waals surface area contributed by atoms with Crippen LogP contribution in [0.3, 0.4) is 0 Å². The van der Waals surface area contributed by atoms with Gasteiger partial charge in [0.05, 0.1) is 4.90 Å². The fraction of sp³-hybridized carbons (Fsp3) is 0.462. The van der Waals surface area contributed by atoms with E-state index in [9.17, 15) is 17.6 Å². The smallest absolute Gasteiger partial charge is 0.321 e. The highest BCUT2D eigenvalue weighted by molar-refractivity contribution is 7.89. The Morgan fingerprint density at radius 1 is 1.45 bits per heavy atom. The van der Waals surface area contributed by atoms with Crippen molar-refractivity contribution in [1.82, 2.24) is 4.72 Å². The number of hydrogen-bond donors (Lipinski definition) is 2. The van der Waals surface area contributed by atoms with E-state index in [4.69, 9.17) is 5.11 Å². The summed E-state index contributed by atoms with van der Waals surface area (Å²) < 4.78 is 39.4. The molecule has 0 aliphatic heterocycles. The Balaban J connectivity index is 3.00. The summed E-state index contributed by atoms with van der Waals surface area (Å²) in [4.78, 5) is 11.0. The summed E-state index contributed by atoms with van der Waals surface area (Å²) in [6, 6.07) is 2.08. The Hall–Kier alpha value is -1.47. The molecule has 1 aromatic carbocycles. The highest BCUT2D eigenvalue weighted by Gasteiger charge is 2.26. The minimum atomic E-state index is -3.98.